The van der Waals surface area contributed by atoms with Crippen molar-refractivity contribution < 1.29 is 9.90 Å². The average Bonchev–Trinajstić information content (AvgIpc) is 2.56. The molecule has 0 aromatic rings. The molecule has 0 aromatic heterocycles. The lowest BCUT2D eigenvalue weighted by molar-refractivity contribution is -0.163. The van der Waals surface area contributed by atoms with Crippen LogP contribution >= 0.6 is 12.4 Å². The Labute approximate surface area is 148 Å². The summed E-state index contributed by atoms with van der Waals surface area (Å²) in [6.45, 7) is 7.63. The van der Waals surface area contributed by atoms with Gasteiger partial charge in [-0.1, -0.05) is 46.0 Å². The minimum atomic E-state index is -0.483. The van der Waals surface area contributed by atoms with Gasteiger partial charge < -0.3 is 10.0 Å². The summed E-state index contributed by atoms with van der Waals surface area (Å²) in [5.41, 5.74) is -0.411. The number of halogens is 1. The van der Waals surface area contributed by atoms with Crippen LogP contribution in [0.25, 0.3) is 0 Å². The van der Waals surface area contributed by atoms with Gasteiger partial charge in [-0.05, 0) is 63.6 Å². The second-order valence-corrected chi connectivity index (χ2v) is 7.44. The first-order valence-corrected chi connectivity index (χ1v) is 9.60. The zero-order valence-corrected chi connectivity index (χ0v) is 15.9. The van der Waals surface area contributed by atoms with Crippen LogP contribution in [0.5, 0.6) is 0 Å². The highest BCUT2D eigenvalue weighted by molar-refractivity contribution is 5.85. The minimum absolute atomic E-state index is 0. The van der Waals surface area contributed by atoms with E-state index in [-0.39, 0.29) is 12.4 Å². The highest BCUT2D eigenvalue weighted by atomic mass is 35.5. The molecule has 2 rings (SSSR count). The number of carboxylic acid groups (broad SMARTS) is 1. The largest absolute Gasteiger partial charge is 0.481 e. The molecule has 2 aliphatic carbocycles. The van der Waals surface area contributed by atoms with Crippen LogP contribution in [-0.2, 0) is 4.79 Å². The molecule has 0 spiro atoms. The molecule has 0 amide bonds. The zero-order chi connectivity index (χ0) is 16.0. The molecule has 0 saturated heterocycles. The maximum Gasteiger partial charge on any atom is 0.310 e. The van der Waals surface area contributed by atoms with E-state index in [1.165, 1.54) is 25.7 Å². The molecule has 0 bridgehead atoms. The Kier molecular flexibility index (Phi) is 8.92. The fourth-order valence-corrected chi connectivity index (χ4v) is 5.16. The van der Waals surface area contributed by atoms with Crippen molar-refractivity contribution in [2.24, 2.45) is 17.3 Å². The maximum atomic E-state index is 12.4. The topological polar surface area (TPSA) is 40.5 Å². The first-order valence-electron chi connectivity index (χ1n) is 9.60. The van der Waals surface area contributed by atoms with Crippen LogP contribution in [0.15, 0.2) is 0 Å². The molecule has 2 aliphatic rings. The molecule has 2 saturated carbocycles. The van der Waals surface area contributed by atoms with Gasteiger partial charge in [0.1, 0.15) is 0 Å². The molecule has 2 unspecified atom stereocenters. The van der Waals surface area contributed by atoms with Gasteiger partial charge in [-0.3, -0.25) is 4.79 Å². The van der Waals surface area contributed by atoms with Crippen molar-refractivity contribution in [3.05, 3.63) is 0 Å². The second kappa shape index (κ2) is 9.88. The van der Waals surface area contributed by atoms with E-state index in [0.29, 0.717) is 11.8 Å². The van der Waals surface area contributed by atoms with Crippen LogP contribution in [-0.4, -0.2) is 35.6 Å². The summed E-state index contributed by atoms with van der Waals surface area (Å²) < 4.78 is 0. The molecule has 2 fully saturated rings. The molecule has 4 heteroatoms. The van der Waals surface area contributed by atoms with E-state index >= 15 is 0 Å². The van der Waals surface area contributed by atoms with Crippen molar-refractivity contribution in [3.63, 3.8) is 0 Å². The third kappa shape index (κ3) is 4.63. The van der Waals surface area contributed by atoms with Crippen LogP contribution < -0.4 is 0 Å². The van der Waals surface area contributed by atoms with E-state index in [0.717, 1.165) is 58.2 Å². The van der Waals surface area contributed by atoms with Gasteiger partial charge in [-0.2, -0.15) is 0 Å². The average molecular weight is 346 g/mol. The molecular formula is C19H36ClNO2. The van der Waals surface area contributed by atoms with Crippen molar-refractivity contribution in [3.8, 4) is 0 Å². The standard InChI is InChI=1S/C19H35NO2.ClH/c1-3-20(4-2)15-13-17-12-8-9-14-19(17,18(21)22)16-10-6-5-7-11-16;/h16-17H,3-15H2,1-2H3,(H,21,22);1H. The number of rotatable bonds is 7. The van der Waals surface area contributed by atoms with Gasteiger partial charge in [-0.25, -0.2) is 0 Å². The van der Waals surface area contributed by atoms with Gasteiger partial charge in [-0.15, -0.1) is 12.4 Å². The van der Waals surface area contributed by atoms with Crippen molar-refractivity contribution in [2.75, 3.05) is 19.6 Å². The van der Waals surface area contributed by atoms with Gasteiger partial charge in [0.05, 0.1) is 5.41 Å². The summed E-state index contributed by atoms with van der Waals surface area (Å²) in [5.74, 6) is 0.340. The zero-order valence-electron chi connectivity index (χ0n) is 15.1. The molecule has 136 valence electrons. The lowest BCUT2D eigenvalue weighted by atomic mass is 9.56. The Morgan fingerprint density at radius 2 is 1.65 bits per heavy atom. The minimum Gasteiger partial charge on any atom is -0.481 e. The third-order valence-corrected chi connectivity index (χ3v) is 6.54. The molecule has 0 aromatic carbocycles. The maximum absolute atomic E-state index is 12.4. The van der Waals surface area contributed by atoms with Crippen molar-refractivity contribution >= 4 is 18.4 Å². The second-order valence-electron chi connectivity index (χ2n) is 7.44. The SMILES string of the molecule is CCN(CC)CCC1CCCCC1(C(=O)O)C1CCCCC1.Cl. The molecule has 2 atom stereocenters. The highest BCUT2D eigenvalue weighted by Crippen LogP contribution is 2.52. The summed E-state index contributed by atoms with van der Waals surface area (Å²) in [7, 11) is 0. The van der Waals surface area contributed by atoms with E-state index in [4.69, 9.17) is 0 Å². The monoisotopic (exact) mass is 345 g/mol. The van der Waals surface area contributed by atoms with E-state index in [1.807, 2.05) is 0 Å². The molecule has 0 aliphatic heterocycles. The van der Waals surface area contributed by atoms with E-state index in [9.17, 15) is 9.90 Å². The molecule has 23 heavy (non-hydrogen) atoms. The predicted octanol–water partition coefficient (Wildman–Crippen LogP) is 4.98. The van der Waals surface area contributed by atoms with Crippen LogP contribution in [0.4, 0.5) is 0 Å². The lowest BCUT2D eigenvalue weighted by Gasteiger charge is -2.48. The summed E-state index contributed by atoms with van der Waals surface area (Å²) in [4.78, 5) is 14.8. The number of hydrogen-bond acceptors (Lipinski definition) is 2. The number of hydrogen-bond donors (Lipinski definition) is 1. The van der Waals surface area contributed by atoms with Crippen LogP contribution in [0.3, 0.4) is 0 Å². The smallest absolute Gasteiger partial charge is 0.310 e. The van der Waals surface area contributed by atoms with Gasteiger partial charge in [0.15, 0.2) is 0 Å². The Morgan fingerprint density at radius 1 is 1.04 bits per heavy atom. The number of carboxylic acids is 1. The Morgan fingerprint density at radius 3 is 2.22 bits per heavy atom. The van der Waals surface area contributed by atoms with Gasteiger partial charge >= 0.3 is 5.97 Å². The quantitative estimate of drug-likeness (QED) is 0.707. The Bertz CT molecular complexity index is 353. The van der Waals surface area contributed by atoms with E-state index < -0.39 is 11.4 Å². The normalized spacial score (nSPS) is 29.3. The number of nitrogens with zero attached hydrogens (tertiary/aromatic N) is 1. The fourth-order valence-electron chi connectivity index (χ4n) is 5.16. The van der Waals surface area contributed by atoms with Crippen molar-refractivity contribution in [1.29, 1.82) is 0 Å². The van der Waals surface area contributed by atoms with Crippen molar-refractivity contribution in [1.82, 2.24) is 4.90 Å². The van der Waals surface area contributed by atoms with Crippen molar-refractivity contribution in [2.45, 2.75) is 78.1 Å². The summed E-state index contributed by atoms with van der Waals surface area (Å²) in [6, 6.07) is 0. The first-order chi connectivity index (χ1) is 10.6. The number of aliphatic carboxylic acids is 1. The first kappa shape index (κ1) is 20.8. The molecule has 0 heterocycles. The van der Waals surface area contributed by atoms with Crippen LogP contribution in [0, 0.1) is 17.3 Å². The lowest BCUT2D eigenvalue weighted by Crippen LogP contribution is -2.48. The van der Waals surface area contributed by atoms with E-state index in [2.05, 4.69) is 18.7 Å². The summed E-state index contributed by atoms with van der Waals surface area (Å²) in [6.07, 6.45) is 11.5. The van der Waals surface area contributed by atoms with Crippen LogP contribution in [0.1, 0.15) is 78.1 Å². The fraction of sp³-hybridized carbons (Fsp3) is 0.947. The Balaban J connectivity index is 0.00000264. The van der Waals surface area contributed by atoms with Gasteiger partial charge in [0.25, 0.3) is 0 Å². The summed E-state index contributed by atoms with van der Waals surface area (Å²) >= 11 is 0. The Hall–Kier alpha value is -0.280. The summed E-state index contributed by atoms with van der Waals surface area (Å²) in [5, 5.41) is 10.2. The predicted molar refractivity (Wildman–Crippen MR) is 98.3 cm³/mol. The third-order valence-electron chi connectivity index (χ3n) is 6.54. The van der Waals surface area contributed by atoms with E-state index in [1.54, 1.807) is 0 Å². The number of carbonyl (C=O) groups is 1. The molecule has 3 nitrogen and oxygen atoms in total. The molecular weight excluding hydrogens is 310 g/mol. The molecule has 0 radical (unpaired) electrons. The molecule has 1 N–H and O–H groups in total. The van der Waals surface area contributed by atoms with Gasteiger partial charge in [0.2, 0.25) is 0 Å². The van der Waals surface area contributed by atoms with Crippen LogP contribution in [0.2, 0.25) is 0 Å². The van der Waals surface area contributed by atoms with Gasteiger partial charge in [0, 0.05) is 0 Å². The highest BCUT2D eigenvalue weighted by Gasteiger charge is 2.52.